The number of morpholine rings is 1. The van der Waals surface area contributed by atoms with Gasteiger partial charge >= 0.3 is 11.9 Å². The van der Waals surface area contributed by atoms with Crippen LogP contribution in [-0.2, 0) is 23.9 Å². The minimum absolute atomic E-state index is 0.0940. The van der Waals surface area contributed by atoms with Gasteiger partial charge < -0.3 is 19.3 Å². The number of nitrogens with zero attached hydrogens (tertiary/aromatic N) is 2. The van der Waals surface area contributed by atoms with Crippen molar-refractivity contribution in [1.29, 1.82) is 0 Å². The average Bonchev–Trinajstić information content (AvgIpc) is 2.96. The van der Waals surface area contributed by atoms with Crippen LogP contribution in [0.3, 0.4) is 0 Å². The Morgan fingerprint density at radius 2 is 1.90 bits per heavy atom. The van der Waals surface area contributed by atoms with Gasteiger partial charge in [-0.25, -0.2) is 4.79 Å². The van der Waals surface area contributed by atoms with Gasteiger partial charge in [0.25, 0.3) is 0 Å². The van der Waals surface area contributed by atoms with E-state index in [1.54, 1.807) is 11.8 Å². The SMILES string of the molecule is CCOC(=O)C(=O)N1CCC[C@H]1C(=O)N1CCOCC1. The number of hydrogen-bond acceptors (Lipinski definition) is 5. The van der Waals surface area contributed by atoms with E-state index in [0.29, 0.717) is 39.3 Å². The number of carbonyl (C=O) groups excluding carboxylic acids is 3. The standard InChI is InChI=1S/C13H20N2O5/c1-2-20-13(18)12(17)15-5-3-4-10(15)11(16)14-6-8-19-9-7-14/h10H,2-9H2,1H3/t10-/m0/s1. The molecule has 20 heavy (non-hydrogen) atoms. The summed E-state index contributed by atoms with van der Waals surface area (Å²) in [6, 6.07) is -0.537. The van der Waals surface area contributed by atoms with Crippen LogP contribution in [0.15, 0.2) is 0 Å². The maximum Gasteiger partial charge on any atom is 0.397 e. The van der Waals surface area contributed by atoms with Gasteiger partial charge in [0.2, 0.25) is 5.91 Å². The van der Waals surface area contributed by atoms with Gasteiger partial charge in [-0.1, -0.05) is 0 Å². The average molecular weight is 284 g/mol. The molecule has 7 heteroatoms. The second kappa shape index (κ2) is 6.69. The number of rotatable bonds is 2. The van der Waals surface area contributed by atoms with Gasteiger partial charge in [0.1, 0.15) is 6.04 Å². The summed E-state index contributed by atoms with van der Waals surface area (Å²) < 4.78 is 9.92. The summed E-state index contributed by atoms with van der Waals surface area (Å²) in [7, 11) is 0. The highest BCUT2D eigenvalue weighted by molar-refractivity contribution is 6.32. The molecule has 2 aliphatic heterocycles. The summed E-state index contributed by atoms with van der Waals surface area (Å²) in [5, 5.41) is 0. The fourth-order valence-electron chi connectivity index (χ4n) is 2.57. The molecular formula is C13H20N2O5. The van der Waals surface area contributed by atoms with Crippen molar-refractivity contribution < 1.29 is 23.9 Å². The van der Waals surface area contributed by atoms with E-state index in [4.69, 9.17) is 9.47 Å². The van der Waals surface area contributed by atoms with Crippen LogP contribution in [0.4, 0.5) is 0 Å². The van der Waals surface area contributed by atoms with Gasteiger partial charge in [-0.15, -0.1) is 0 Å². The van der Waals surface area contributed by atoms with E-state index >= 15 is 0 Å². The molecule has 2 rings (SSSR count). The molecule has 7 nitrogen and oxygen atoms in total. The summed E-state index contributed by atoms with van der Waals surface area (Å²) in [6.07, 6.45) is 1.33. The van der Waals surface area contributed by atoms with Crippen LogP contribution in [0.5, 0.6) is 0 Å². The normalized spacial score (nSPS) is 22.8. The van der Waals surface area contributed by atoms with E-state index < -0.39 is 17.9 Å². The second-order valence-corrected chi connectivity index (χ2v) is 4.81. The van der Waals surface area contributed by atoms with Crippen molar-refractivity contribution in [3.8, 4) is 0 Å². The first kappa shape index (κ1) is 14.8. The third-order valence-corrected chi connectivity index (χ3v) is 3.57. The zero-order chi connectivity index (χ0) is 14.5. The molecule has 0 aromatic rings. The van der Waals surface area contributed by atoms with Crippen LogP contribution < -0.4 is 0 Å². The first-order chi connectivity index (χ1) is 9.65. The van der Waals surface area contributed by atoms with Crippen molar-refractivity contribution in [3.63, 3.8) is 0 Å². The van der Waals surface area contributed by atoms with Crippen molar-refractivity contribution in [2.75, 3.05) is 39.5 Å². The second-order valence-electron chi connectivity index (χ2n) is 4.81. The molecule has 2 amide bonds. The Balaban J connectivity index is 2.00. The predicted molar refractivity (Wildman–Crippen MR) is 68.8 cm³/mol. The maximum absolute atomic E-state index is 12.4. The molecular weight excluding hydrogens is 264 g/mol. The lowest BCUT2D eigenvalue weighted by Crippen LogP contribution is -2.52. The van der Waals surface area contributed by atoms with Gasteiger partial charge in [0, 0.05) is 19.6 Å². The number of likely N-dealkylation sites (tertiary alicyclic amines) is 1. The lowest BCUT2D eigenvalue weighted by atomic mass is 10.2. The first-order valence-corrected chi connectivity index (χ1v) is 6.99. The Morgan fingerprint density at radius 1 is 1.20 bits per heavy atom. The Kier molecular flexibility index (Phi) is 4.94. The van der Waals surface area contributed by atoms with Crippen LogP contribution in [0.25, 0.3) is 0 Å². The van der Waals surface area contributed by atoms with Crippen LogP contribution in [0, 0.1) is 0 Å². The molecule has 0 aliphatic carbocycles. The zero-order valence-corrected chi connectivity index (χ0v) is 11.7. The van der Waals surface area contributed by atoms with E-state index in [2.05, 4.69) is 0 Å². The first-order valence-electron chi connectivity index (χ1n) is 6.99. The Hall–Kier alpha value is -1.63. The van der Waals surface area contributed by atoms with E-state index in [1.165, 1.54) is 4.90 Å². The predicted octanol–water partition coefficient (Wildman–Crippen LogP) is -0.601. The highest BCUT2D eigenvalue weighted by atomic mass is 16.5. The molecule has 2 fully saturated rings. The largest absolute Gasteiger partial charge is 0.459 e. The van der Waals surface area contributed by atoms with Crippen molar-refractivity contribution in [1.82, 2.24) is 9.80 Å². The molecule has 2 heterocycles. The number of ether oxygens (including phenoxy) is 2. The molecule has 0 aromatic heterocycles. The van der Waals surface area contributed by atoms with Crippen LogP contribution in [-0.4, -0.2) is 73.1 Å². The van der Waals surface area contributed by atoms with Crippen LogP contribution >= 0.6 is 0 Å². The lowest BCUT2D eigenvalue weighted by molar-refractivity contribution is -0.162. The molecule has 112 valence electrons. The molecule has 2 aliphatic rings. The Morgan fingerprint density at radius 3 is 2.55 bits per heavy atom. The smallest absolute Gasteiger partial charge is 0.397 e. The third kappa shape index (κ3) is 3.09. The van der Waals surface area contributed by atoms with Gasteiger partial charge in [-0.3, -0.25) is 9.59 Å². The number of esters is 1. The summed E-state index contributed by atoms with van der Waals surface area (Å²) in [5.74, 6) is -1.69. The summed E-state index contributed by atoms with van der Waals surface area (Å²) in [6.45, 7) is 4.34. The molecule has 0 bridgehead atoms. The van der Waals surface area contributed by atoms with Gasteiger partial charge in [-0.05, 0) is 19.8 Å². The van der Waals surface area contributed by atoms with Crippen molar-refractivity contribution in [2.24, 2.45) is 0 Å². The highest BCUT2D eigenvalue weighted by Gasteiger charge is 2.39. The molecule has 1 atom stereocenters. The molecule has 0 spiro atoms. The topological polar surface area (TPSA) is 76.2 Å². The van der Waals surface area contributed by atoms with E-state index in [1.807, 2.05) is 0 Å². The summed E-state index contributed by atoms with van der Waals surface area (Å²) in [4.78, 5) is 39.0. The molecule has 0 N–H and O–H groups in total. The van der Waals surface area contributed by atoms with Gasteiger partial charge in [-0.2, -0.15) is 0 Å². The fourth-order valence-corrected chi connectivity index (χ4v) is 2.57. The van der Waals surface area contributed by atoms with E-state index in [0.717, 1.165) is 6.42 Å². The molecule has 0 radical (unpaired) electrons. The number of hydrogen-bond donors (Lipinski definition) is 0. The van der Waals surface area contributed by atoms with Gasteiger partial charge in [0.05, 0.1) is 19.8 Å². The molecule has 0 aromatic carbocycles. The third-order valence-electron chi connectivity index (χ3n) is 3.57. The van der Waals surface area contributed by atoms with Gasteiger partial charge in [0.15, 0.2) is 0 Å². The lowest BCUT2D eigenvalue weighted by Gasteiger charge is -2.32. The monoisotopic (exact) mass is 284 g/mol. The van der Waals surface area contributed by atoms with E-state index in [9.17, 15) is 14.4 Å². The minimum atomic E-state index is -0.880. The maximum atomic E-state index is 12.4. The molecule has 2 saturated heterocycles. The quantitative estimate of drug-likeness (QED) is 0.500. The van der Waals surface area contributed by atoms with Crippen molar-refractivity contribution >= 4 is 17.8 Å². The minimum Gasteiger partial charge on any atom is -0.459 e. The molecule has 0 unspecified atom stereocenters. The highest BCUT2D eigenvalue weighted by Crippen LogP contribution is 2.20. The van der Waals surface area contributed by atoms with Crippen molar-refractivity contribution in [3.05, 3.63) is 0 Å². The van der Waals surface area contributed by atoms with Crippen LogP contribution in [0.1, 0.15) is 19.8 Å². The van der Waals surface area contributed by atoms with E-state index in [-0.39, 0.29) is 12.5 Å². The Bertz CT molecular complexity index is 392. The van der Waals surface area contributed by atoms with Crippen molar-refractivity contribution in [2.45, 2.75) is 25.8 Å². The number of amides is 2. The Labute approximate surface area is 117 Å². The summed E-state index contributed by atoms with van der Waals surface area (Å²) in [5.41, 5.74) is 0. The summed E-state index contributed by atoms with van der Waals surface area (Å²) >= 11 is 0. The number of carbonyl (C=O) groups is 3. The fraction of sp³-hybridized carbons (Fsp3) is 0.769. The van der Waals surface area contributed by atoms with Crippen LogP contribution in [0.2, 0.25) is 0 Å². The zero-order valence-electron chi connectivity index (χ0n) is 11.7. The molecule has 0 saturated carbocycles.